The van der Waals surface area contributed by atoms with Crippen LogP contribution in [0, 0.1) is 23.7 Å². The van der Waals surface area contributed by atoms with Crippen LogP contribution in [0.2, 0.25) is 0 Å². The molecule has 0 aromatic carbocycles. The Morgan fingerprint density at radius 1 is 0.840 bits per heavy atom. The second-order valence-corrected chi connectivity index (χ2v) is 9.78. The van der Waals surface area contributed by atoms with Crippen molar-refractivity contribution in [3.05, 3.63) is 0 Å². The van der Waals surface area contributed by atoms with Crippen molar-refractivity contribution in [2.45, 2.75) is 84.3 Å². The SMILES string of the molecule is COC[C@H]1CN(C2CCC(C(C)C)CC2)CCN1C1CC(C(C)C)C1. The Bertz CT molecular complexity index is 397. The molecule has 146 valence electrons. The van der Waals surface area contributed by atoms with Crippen LogP contribution in [0.1, 0.15) is 66.2 Å². The number of piperazine rings is 1. The molecule has 3 aliphatic rings. The number of nitrogens with zero attached hydrogens (tertiary/aromatic N) is 2. The molecule has 0 aromatic heterocycles. The molecular formula is C22H42N2O. The first kappa shape index (κ1) is 19.6. The van der Waals surface area contributed by atoms with Gasteiger partial charge in [0, 0.05) is 44.9 Å². The predicted molar refractivity (Wildman–Crippen MR) is 106 cm³/mol. The molecule has 25 heavy (non-hydrogen) atoms. The largest absolute Gasteiger partial charge is 0.383 e. The zero-order chi connectivity index (χ0) is 18.0. The maximum Gasteiger partial charge on any atom is 0.0630 e. The molecule has 1 heterocycles. The van der Waals surface area contributed by atoms with Gasteiger partial charge in [0.25, 0.3) is 0 Å². The van der Waals surface area contributed by atoms with E-state index < -0.39 is 0 Å². The average molecular weight is 351 g/mol. The number of methoxy groups -OCH3 is 1. The Morgan fingerprint density at radius 3 is 2.04 bits per heavy atom. The first-order valence-corrected chi connectivity index (χ1v) is 11.0. The van der Waals surface area contributed by atoms with Crippen molar-refractivity contribution < 1.29 is 4.74 Å². The lowest BCUT2D eigenvalue weighted by Crippen LogP contribution is -2.62. The molecule has 3 nitrogen and oxygen atoms in total. The summed E-state index contributed by atoms with van der Waals surface area (Å²) in [6.45, 7) is 14.3. The summed E-state index contributed by atoms with van der Waals surface area (Å²) < 4.78 is 5.62. The van der Waals surface area contributed by atoms with Crippen molar-refractivity contribution >= 4 is 0 Å². The fraction of sp³-hybridized carbons (Fsp3) is 1.00. The molecule has 0 unspecified atom stereocenters. The van der Waals surface area contributed by atoms with Gasteiger partial charge in [-0.2, -0.15) is 0 Å². The van der Waals surface area contributed by atoms with Gasteiger partial charge in [0.05, 0.1) is 6.61 Å². The van der Waals surface area contributed by atoms with E-state index >= 15 is 0 Å². The summed E-state index contributed by atoms with van der Waals surface area (Å²) in [5.74, 6) is 3.65. The molecular weight excluding hydrogens is 308 g/mol. The molecule has 1 aliphatic heterocycles. The van der Waals surface area contributed by atoms with Crippen LogP contribution in [0.25, 0.3) is 0 Å². The zero-order valence-electron chi connectivity index (χ0n) is 17.4. The second kappa shape index (κ2) is 8.71. The Hall–Kier alpha value is -0.120. The monoisotopic (exact) mass is 350 g/mol. The fourth-order valence-electron chi connectivity index (χ4n) is 5.62. The van der Waals surface area contributed by atoms with Gasteiger partial charge in [-0.1, -0.05) is 27.7 Å². The van der Waals surface area contributed by atoms with E-state index in [4.69, 9.17) is 4.74 Å². The van der Waals surface area contributed by atoms with Crippen LogP contribution in [0.5, 0.6) is 0 Å². The predicted octanol–water partition coefficient (Wildman–Crippen LogP) is 4.27. The lowest BCUT2D eigenvalue weighted by Gasteiger charge is -2.53. The molecule has 2 aliphatic carbocycles. The van der Waals surface area contributed by atoms with E-state index in [1.54, 1.807) is 0 Å². The summed E-state index contributed by atoms with van der Waals surface area (Å²) in [5.41, 5.74) is 0. The molecule has 0 bridgehead atoms. The maximum absolute atomic E-state index is 5.62. The summed E-state index contributed by atoms with van der Waals surface area (Å²) in [6.07, 6.45) is 8.55. The van der Waals surface area contributed by atoms with E-state index in [0.29, 0.717) is 6.04 Å². The molecule has 0 aromatic rings. The van der Waals surface area contributed by atoms with Crippen LogP contribution in [-0.4, -0.2) is 61.3 Å². The van der Waals surface area contributed by atoms with Gasteiger partial charge in [0.15, 0.2) is 0 Å². The van der Waals surface area contributed by atoms with Crippen LogP contribution in [0.3, 0.4) is 0 Å². The van der Waals surface area contributed by atoms with Crippen molar-refractivity contribution in [3.63, 3.8) is 0 Å². The van der Waals surface area contributed by atoms with Gasteiger partial charge in [-0.15, -0.1) is 0 Å². The molecule has 1 saturated heterocycles. The summed E-state index contributed by atoms with van der Waals surface area (Å²) in [7, 11) is 1.88. The minimum atomic E-state index is 0.611. The zero-order valence-corrected chi connectivity index (χ0v) is 17.4. The minimum Gasteiger partial charge on any atom is -0.383 e. The Labute approximate surface area is 156 Å². The molecule has 0 spiro atoms. The standard InChI is InChI=1S/C22H42N2O/c1-16(2)18-6-8-20(9-7-18)23-10-11-24(22(14-23)15-25-5)21-12-19(13-21)17(3)4/h16-22H,6-15H2,1-5H3/t18?,19?,20?,21?,22-/m1/s1. The minimum absolute atomic E-state index is 0.611. The van der Waals surface area contributed by atoms with Crippen molar-refractivity contribution in [2.24, 2.45) is 23.7 Å². The lowest BCUT2D eigenvalue weighted by atomic mass is 9.72. The summed E-state index contributed by atoms with van der Waals surface area (Å²) in [5, 5.41) is 0. The third-order valence-corrected chi connectivity index (χ3v) is 7.68. The topological polar surface area (TPSA) is 15.7 Å². The number of hydrogen-bond donors (Lipinski definition) is 0. The number of rotatable bonds is 6. The molecule has 3 fully saturated rings. The Balaban J connectivity index is 1.51. The van der Waals surface area contributed by atoms with E-state index in [9.17, 15) is 0 Å². The van der Waals surface area contributed by atoms with Gasteiger partial charge in [0.2, 0.25) is 0 Å². The third kappa shape index (κ3) is 4.59. The Morgan fingerprint density at radius 2 is 1.48 bits per heavy atom. The van der Waals surface area contributed by atoms with Crippen molar-refractivity contribution in [2.75, 3.05) is 33.4 Å². The summed E-state index contributed by atoms with van der Waals surface area (Å²) in [6, 6.07) is 2.27. The molecule has 0 radical (unpaired) electrons. The quantitative estimate of drug-likeness (QED) is 0.711. The summed E-state index contributed by atoms with van der Waals surface area (Å²) >= 11 is 0. The van der Waals surface area contributed by atoms with Crippen LogP contribution >= 0.6 is 0 Å². The average Bonchev–Trinajstić information content (AvgIpc) is 2.55. The highest BCUT2D eigenvalue weighted by Gasteiger charge is 2.41. The van der Waals surface area contributed by atoms with Crippen molar-refractivity contribution in [1.29, 1.82) is 0 Å². The smallest absolute Gasteiger partial charge is 0.0630 e. The Kier molecular flexibility index (Phi) is 6.84. The van der Waals surface area contributed by atoms with Gasteiger partial charge in [-0.3, -0.25) is 9.80 Å². The fourth-order valence-corrected chi connectivity index (χ4v) is 5.62. The van der Waals surface area contributed by atoms with Crippen LogP contribution in [-0.2, 0) is 4.74 Å². The summed E-state index contributed by atoms with van der Waals surface area (Å²) in [4.78, 5) is 5.62. The van der Waals surface area contributed by atoms with Crippen LogP contribution in [0.4, 0.5) is 0 Å². The first-order valence-electron chi connectivity index (χ1n) is 11.0. The van der Waals surface area contributed by atoms with E-state index in [2.05, 4.69) is 37.5 Å². The second-order valence-electron chi connectivity index (χ2n) is 9.78. The van der Waals surface area contributed by atoms with Gasteiger partial charge >= 0.3 is 0 Å². The van der Waals surface area contributed by atoms with E-state index in [1.165, 1.54) is 58.2 Å². The molecule has 1 atom stereocenters. The number of hydrogen-bond acceptors (Lipinski definition) is 3. The first-order chi connectivity index (χ1) is 12.0. The highest BCUT2D eigenvalue weighted by Crippen LogP contribution is 2.39. The lowest BCUT2D eigenvalue weighted by molar-refractivity contribution is -0.0559. The van der Waals surface area contributed by atoms with Gasteiger partial charge < -0.3 is 4.74 Å². The van der Waals surface area contributed by atoms with Gasteiger partial charge in [0.1, 0.15) is 0 Å². The van der Waals surface area contributed by atoms with Crippen molar-refractivity contribution in [3.8, 4) is 0 Å². The van der Waals surface area contributed by atoms with Gasteiger partial charge in [-0.05, 0) is 62.2 Å². The molecule has 3 rings (SSSR count). The van der Waals surface area contributed by atoms with Crippen molar-refractivity contribution in [1.82, 2.24) is 9.80 Å². The van der Waals surface area contributed by atoms with Crippen LogP contribution < -0.4 is 0 Å². The molecule has 2 saturated carbocycles. The maximum atomic E-state index is 5.62. The molecule has 3 heteroatoms. The van der Waals surface area contributed by atoms with E-state index in [1.807, 2.05) is 7.11 Å². The van der Waals surface area contributed by atoms with E-state index in [-0.39, 0.29) is 0 Å². The highest BCUT2D eigenvalue weighted by atomic mass is 16.5. The normalized spacial score (nSPS) is 38.3. The third-order valence-electron chi connectivity index (χ3n) is 7.68. The van der Waals surface area contributed by atoms with Crippen LogP contribution in [0.15, 0.2) is 0 Å². The highest BCUT2D eigenvalue weighted by molar-refractivity contribution is 4.96. The molecule has 0 N–H and O–H groups in total. The van der Waals surface area contributed by atoms with E-state index in [0.717, 1.165) is 42.4 Å². The van der Waals surface area contributed by atoms with Gasteiger partial charge in [-0.25, -0.2) is 0 Å². The molecule has 0 amide bonds. The number of ether oxygens (including phenoxy) is 1.